The van der Waals surface area contributed by atoms with Crippen molar-refractivity contribution in [2.45, 2.75) is 38.0 Å². The van der Waals surface area contributed by atoms with Gasteiger partial charge in [0.15, 0.2) is 0 Å². The van der Waals surface area contributed by atoms with Gasteiger partial charge in [0.05, 0.1) is 11.6 Å². The van der Waals surface area contributed by atoms with E-state index in [1.165, 1.54) is 0 Å². The zero-order valence-corrected chi connectivity index (χ0v) is 11.7. The lowest BCUT2D eigenvalue weighted by atomic mass is 9.80. The highest BCUT2D eigenvalue weighted by atomic mass is 35.5. The first kappa shape index (κ1) is 16.0. The normalized spacial score (nSPS) is 21.3. The number of nitrogens with two attached hydrogens (primary N) is 2. The lowest BCUT2D eigenvalue weighted by Gasteiger charge is -2.36. The van der Waals surface area contributed by atoms with E-state index in [0.717, 1.165) is 24.8 Å². The van der Waals surface area contributed by atoms with Gasteiger partial charge in [-0.25, -0.2) is 0 Å². The van der Waals surface area contributed by atoms with Crippen molar-refractivity contribution in [2.75, 3.05) is 0 Å². The molecule has 19 heavy (non-hydrogen) atoms. The van der Waals surface area contributed by atoms with E-state index in [2.05, 4.69) is 0 Å². The number of hydrogen-bond acceptors (Lipinski definition) is 4. The second kappa shape index (κ2) is 6.89. The molecule has 5 heteroatoms. The molecule has 1 atom stereocenters. The van der Waals surface area contributed by atoms with Crippen LogP contribution >= 0.6 is 12.4 Å². The van der Waals surface area contributed by atoms with Crippen molar-refractivity contribution in [1.82, 2.24) is 0 Å². The smallest absolute Gasteiger partial charge is 0.312 e. The second-order valence-electron chi connectivity index (χ2n) is 5.00. The third-order valence-electron chi connectivity index (χ3n) is 3.51. The van der Waals surface area contributed by atoms with Gasteiger partial charge in [0.2, 0.25) is 0 Å². The molecule has 0 bridgehead atoms. The SMILES string of the molecule is Cl.NC1(N)CCCCC1C(=O)OCc1ccccc1. The van der Waals surface area contributed by atoms with Crippen molar-refractivity contribution in [1.29, 1.82) is 0 Å². The average Bonchev–Trinajstić information content (AvgIpc) is 2.37. The number of hydrogen-bond donors (Lipinski definition) is 2. The van der Waals surface area contributed by atoms with E-state index in [4.69, 9.17) is 16.2 Å². The molecule has 0 aromatic heterocycles. The molecule has 2 rings (SSSR count). The first-order valence-electron chi connectivity index (χ1n) is 6.38. The van der Waals surface area contributed by atoms with Gasteiger partial charge >= 0.3 is 5.97 Å². The Morgan fingerprint density at radius 2 is 1.95 bits per heavy atom. The highest BCUT2D eigenvalue weighted by Crippen LogP contribution is 2.29. The molecule has 0 spiro atoms. The van der Waals surface area contributed by atoms with Crippen LogP contribution in [0.3, 0.4) is 0 Å². The van der Waals surface area contributed by atoms with E-state index in [-0.39, 0.29) is 30.9 Å². The van der Waals surface area contributed by atoms with Crippen molar-refractivity contribution in [3.05, 3.63) is 35.9 Å². The summed E-state index contributed by atoms with van der Waals surface area (Å²) >= 11 is 0. The number of carbonyl (C=O) groups is 1. The number of benzene rings is 1. The van der Waals surface area contributed by atoms with Crippen LogP contribution in [0.2, 0.25) is 0 Å². The molecule has 1 aromatic carbocycles. The van der Waals surface area contributed by atoms with E-state index < -0.39 is 5.66 Å². The Morgan fingerprint density at radius 3 is 2.58 bits per heavy atom. The molecule has 4 nitrogen and oxygen atoms in total. The highest BCUT2D eigenvalue weighted by Gasteiger charge is 2.39. The van der Waals surface area contributed by atoms with E-state index in [1.807, 2.05) is 30.3 Å². The third-order valence-corrected chi connectivity index (χ3v) is 3.51. The molecule has 4 N–H and O–H groups in total. The summed E-state index contributed by atoms with van der Waals surface area (Å²) in [4.78, 5) is 12.0. The minimum atomic E-state index is -0.911. The molecule has 0 radical (unpaired) electrons. The molecule has 1 aliphatic rings. The van der Waals surface area contributed by atoms with Gasteiger partial charge in [0.1, 0.15) is 6.61 Å². The monoisotopic (exact) mass is 284 g/mol. The molecular formula is C14H21ClN2O2. The second-order valence-corrected chi connectivity index (χ2v) is 5.00. The number of carbonyl (C=O) groups excluding carboxylic acids is 1. The Labute approximate surface area is 119 Å². The zero-order valence-electron chi connectivity index (χ0n) is 10.9. The summed E-state index contributed by atoms with van der Waals surface area (Å²) in [5, 5.41) is 0. The van der Waals surface area contributed by atoms with E-state index in [1.54, 1.807) is 0 Å². The molecule has 1 saturated carbocycles. The lowest BCUT2D eigenvalue weighted by Crippen LogP contribution is -2.59. The first-order valence-corrected chi connectivity index (χ1v) is 6.38. The molecule has 1 aromatic rings. The predicted molar refractivity (Wildman–Crippen MR) is 76.5 cm³/mol. The minimum absolute atomic E-state index is 0. The van der Waals surface area contributed by atoms with Gasteiger partial charge in [0, 0.05) is 0 Å². The van der Waals surface area contributed by atoms with Crippen molar-refractivity contribution in [2.24, 2.45) is 17.4 Å². The van der Waals surface area contributed by atoms with Crippen molar-refractivity contribution in [3.63, 3.8) is 0 Å². The maximum absolute atomic E-state index is 12.0. The number of ether oxygens (including phenoxy) is 1. The van der Waals surface area contributed by atoms with Gasteiger partial charge in [-0.3, -0.25) is 4.79 Å². The van der Waals surface area contributed by atoms with Crippen LogP contribution in [-0.2, 0) is 16.1 Å². The first-order chi connectivity index (χ1) is 8.59. The van der Waals surface area contributed by atoms with Gasteiger partial charge in [-0.2, -0.15) is 0 Å². The summed E-state index contributed by atoms with van der Waals surface area (Å²) in [7, 11) is 0. The van der Waals surface area contributed by atoms with Crippen molar-refractivity contribution >= 4 is 18.4 Å². The fourth-order valence-corrected chi connectivity index (χ4v) is 2.39. The molecule has 0 heterocycles. The lowest BCUT2D eigenvalue weighted by molar-refractivity contribution is -0.153. The molecule has 0 amide bonds. The Bertz CT molecular complexity index is 409. The Hall–Kier alpha value is -1.10. The quantitative estimate of drug-likeness (QED) is 0.657. The molecule has 0 aliphatic heterocycles. The summed E-state index contributed by atoms with van der Waals surface area (Å²) in [5.41, 5.74) is 12.0. The Morgan fingerprint density at radius 1 is 1.26 bits per heavy atom. The molecule has 106 valence electrons. The van der Waals surface area contributed by atoms with Gasteiger partial charge in [-0.05, 0) is 18.4 Å². The third kappa shape index (κ3) is 4.20. The maximum Gasteiger partial charge on any atom is 0.312 e. The van der Waals surface area contributed by atoms with Crippen LogP contribution in [0, 0.1) is 5.92 Å². The van der Waals surface area contributed by atoms with E-state index >= 15 is 0 Å². The zero-order chi connectivity index (χ0) is 13.0. The van der Waals surface area contributed by atoms with Crippen LogP contribution in [0.25, 0.3) is 0 Å². The van der Waals surface area contributed by atoms with Gasteiger partial charge in [-0.15, -0.1) is 12.4 Å². The summed E-state index contributed by atoms with van der Waals surface area (Å²) in [6.07, 6.45) is 3.37. The largest absolute Gasteiger partial charge is 0.461 e. The molecular weight excluding hydrogens is 264 g/mol. The van der Waals surface area contributed by atoms with Crippen LogP contribution in [0.1, 0.15) is 31.2 Å². The Balaban J connectivity index is 0.00000180. The number of halogens is 1. The van der Waals surface area contributed by atoms with Crippen LogP contribution in [0.4, 0.5) is 0 Å². The summed E-state index contributed by atoms with van der Waals surface area (Å²) < 4.78 is 5.30. The minimum Gasteiger partial charge on any atom is -0.461 e. The Kier molecular flexibility index (Phi) is 5.79. The van der Waals surface area contributed by atoms with Crippen molar-refractivity contribution in [3.8, 4) is 0 Å². The summed E-state index contributed by atoms with van der Waals surface area (Å²) in [5.74, 6) is -0.654. The fourth-order valence-electron chi connectivity index (χ4n) is 2.39. The van der Waals surface area contributed by atoms with Crippen LogP contribution in [0.15, 0.2) is 30.3 Å². The van der Waals surface area contributed by atoms with Gasteiger partial charge < -0.3 is 16.2 Å². The topological polar surface area (TPSA) is 78.3 Å². The van der Waals surface area contributed by atoms with E-state index in [0.29, 0.717) is 6.42 Å². The van der Waals surface area contributed by atoms with Gasteiger partial charge in [-0.1, -0.05) is 43.2 Å². The average molecular weight is 285 g/mol. The predicted octanol–water partition coefficient (Wildman–Crippen LogP) is 1.96. The summed E-state index contributed by atoms with van der Waals surface area (Å²) in [6, 6.07) is 9.61. The number of rotatable bonds is 3. The molecule has 1 unspecified atom stereocenters. The fraction of sp³-hybridized carbons (Fsp3) is 0.500. The molecule has 1 fully saturated rings. The van der Waals surface area contributed by atoms with Gasteiger partial charge in [0.25, 0.3) is 0 Å². The van der Waals surface area contributed by atoms with E-state index in [9.17, 15) is 4.79 Å². The number of esters is 1. The standard InChI is InChI=1S/C14H20N2O2.ClH/c15-14(16)9-5-4-8-12(14)13(17)18-10-11-6-2-1-3-7-11;/h1-3,6-7,12H,4-5,8-10,15-16H2;1H. The maximum atomic E-state index is 12.0. The highest BCUT2D eigenvalue weighted by molar-refractivity contribution is 5.85. The van der Waals surface area contributed by atoms with Crippen LogP contribution in [0.5, 0.6) is 0 Å². The van der Waals surface area contributed by atoms with Crippen LogP contribution < -0.4 is 11.5 Å². The van der Waals surface area contributed by atoms with Crippen LogP contribution in [-0.4, -0.2) is 11.6 Å². The summed E-state index contributed by atoms with van der Waals surface area (Å²) in [6.45, 7) is 0.284. The molecule has 1 aliphatic carbocycles. The van der Waals surface area contributed by atoms with Crippen molar-refractivity contribution < 1.29 is 9.53 Å². The molecule has 0 saturated heterocycles.